The van der Waals surface area contributed by atoms with E-state index in [4.69, 9.17) is 10.00 Å². The van der Waals surface area contributed by atoms with Crippen LogP contribution in [0.25, 0.3) is 5.57 Å². The molecular weight excluding hydrogens is 448 g/mol. The van der Waals surface area contributed by atoms with E-state index in [1.54, 1.807) is 6.20 Å². The number of ether oxygens (including phenoxy) is 1. The molecule has 3 heterocycles. The fourth-order valence-corrected chi connectivity index (χ4v) is 6.31. The van der Waals surface area contributed by atoms with E-state index in [1.165, 1.54) is 5.57 Å². The van der Waals surface area contributed by atoms with Crippen molar-refractivity contribution in [2.24, 2.45) is 17.3 Å². The molecule has 5 rings (SSSR count). The van der Waals surface area contributed by atoms with Gasteiger partial charge in [0.15, 0.2) is 5.69 Å². The zero-order chi connectivity index (χ0) is 25.9. The smallest absolute Gasteiger partial charge is 0.158 e. The topological polar surface area (TPSA) is 94.0 Å². The first-order valence-electron chi connectivity index (χ1n) is 13.1. The van der Waals surface area contributed by atoms with E-state index in [1.807, 2.05) is 0 Å². The van der Waals surface area contributed by atoms with Gasteiger partial charge in [-0.2, -0.15) is 5.26 Å². The average Bonchev–Trinajstić information content (AvgIpc) is 3.44. The molecule has 3 aliphatic rings. The Morgan fingerprint density at radius 2 is 1.86 bits per heavy atom. The van der Waals surface area contributed by atoms with Crippen LogP contribution in [0.15, 0.2) is 42.6 Å². The Hall–Kier alpha value is -2.88. The van der Waals surface area contributed by atoms with Gasteiger partial charge in [0, 0.05) is 29.3 Å². The van der Waals surface area contributed by atoms with Gasteiger partial charge in [-0.05, 0) is 61.8 Å². The summed E-state index contributed by atoms with van der Waals surface area (Å²) in [5, 5.41) is 25.0. The molecule has 1 aromatic carbocycles. The van der Waals surface area contributed by atoms with Crippen molar-refractivity contribution in [3.63, 3.8) is 0 Å². The fraction of sp³-hybridized carbons (Fsp3) is 0.533. The van der Waals surface area contributed by atoms with Crippen LogP contribution in [0.1, 0.15) is 83.5 Å². The van der Waals surface area contributed by atoms with Gasteiger partial charge in [0.2, 0.25) is 0 Å². The molecule has 1 aromatic heterocycles. The molecule has 0 radical (unpaired) electrons. The summed E-state index contributed by atoms with van der Waals surface area (Å²) in [5.41, 5.74) is 2.99. The Morgan fingerprint density at radius 3 is 2.44 bits per heavy atom. The number of rotatable bonds is 5. The molecule has 6 nitrogen and oxygen atoms in total. The second-order valence-electron chi connectivity index (χ2n) is 12.1. The van der Waals surface area contributed by atoms with E-state index in [0.29, 0.717) is 23.5 Å². The van der Waals surface area contributed by atoms with Crippen molar-refractivity contribution in [3.8, 4) is 6.07 Å². The standard InChI is InChI=1S/C30H38N4O2/c1-19-28(5)13-14-29(6,36-28)20(2)30(19,35)22-7-8-25(32-18-26-33-17-23(16-31)34-26)24(15-22)21-9-11-27(3,4)12-10-21/h7-9,13-15,17,19-20,32,35H,10-12,18H2,1-6H3,(H,33,34)/t19-,20+,28+,29-,30-. The van der Waals surface area contributed by atoms with E-state index in [9.17, 15) is 5.11 Å². The highest BCUT2D eigenvalue weighted by Gasteiger charge is 2.63. The zero-order valence-corrected chi connectivity index (χ0v) is 22.3. The van der Waals surface area contributed by atoms with Crippen LogP contribution in [-0.2, 0) is 16.9 Å². The quantitative estimate of drug-likeness (QED) is 0.446. The number of H-pyrrole nitrogens is 1. The first-order chi connectivity index (χ1) is 16.9. The first kappa shape index (κ1) is 24.8. The third-order valence-electron chi connectivity index (χ3n) is 9.22. The number of imidazole rings is 1. The van der Waals surface area contributed by atoms with Crippen molar-refractivity contribution < 1.29 is 9.84 Å². The highest BCUT2D eigenvalue weighted by molar-refractivity contribution is 5.78. The molecule has 1 saturated heterocycles. The number of nitrogens with one attached hydrogen (secondary N) is 2. The number of nitriles is 1. The van der Waals surface area contributed by atoms with Gasteiger partial charge in [-0.25, -0.2) is 4.98 Å². The van der Waals surface area contributed by atoms with E-state index in [-0.39, 0.29) is 11.8 Å². The summed E-state index contributed by atoms with van der Waals surface area (Å²) < 4.78 is 6.48. The summed E-state index contributed by atoms with van der Waals surface area (Å²) >= 11 is 0. The van der Waals surface area contributed by atoms with Crippen LogP contribution in [0.4, 0.5) is 5.69 Å². The van der Waals surface area contributed by atoms with Gasteiger partial charge < -0.3 is 20.1 Å². The third kappa shape index (κ3) is 3.90. The SMILES string of the molecule is C[C@@H]1[C@@](O)(c2ccc(NCc3nc(C#N)c[nH]3)c(C3=CCC(C)(C)CC3)c2)[C@H](C)[C@]2(C)C=C[C@@]1(C)O2. The molecule has 5 atom stereocenters. The molecule has 2 aliphatic heterocycles. The monoisotopic (exact) mass is 486 g/mol. The summed E-state index contributed by atoms with van der Waals surface area (Å²) in [7, 11) is 0. The number of fused-ring (bicyclic) bond motifs is 2. The number of aromatic nitrogens is 2. The first-order valence-corrected chi connectivity index (χ1v) is 13.1. The predicted octanol–water partition coefficient (Wildman–Crippen LogP) is 6.06. The normalized spacial score (nSPS) is 34.8. The molecule has 190 valence electrons. The number of anilines is 1. The van der Waals surface area contributed by atoms with E-state index in [0.717, 1.165) is 36.1 Å². The van der Waals surface area contributed by atoms with Crippen LogP contribution in [-0.4, -0.2) is 26.3 Å². The third-order valence-corrected chi connectivity index (χ3v) is 9.22. The van der Waals surface area contributed by atoms with Gasteiger partial charge in [0.05, 0.1) is 17.7 Å². The number of aliphatic hydroxyl groups is 1. The number of hydrogen-bond acceptors (Lipinski definition) is 5. The highest BCUT2D eigenvalue weighted by atomic mass is 16.5. The molecule has 2 bridgehead atoms. The molecule has 0 saturated carbocycles. The zero-order valence-electron chi connectivity index (χ0n) is 22.3. The molecular formula is C30H38N4O2. The van der Waals surface area contributed by atoms with E-state index in [2.05, 4.69) is 99.3 Å². The lowest BCUT2D eigenvalue weighted by Crippen LogP contribution is -2.61. The fourth-order valence-electron chi connectivity index (χ4n) is 6.31. The predicted molar refractivity (Wildman–Crippen MR) is 142 cm³/mol. The van der Waals surface area contributed by atoms with E-state index < -0.39 is 16.8 Å². The number of benzene rings is 1. The number of nitrogens with zero attached hydrogens (tertiary/aromatic N) is 2. The largest absolute Gasteiger partial charge is 0.384 e. The van der Waals surface area contributed by atoms with Gasteiger partial charge in [-0.3, -0.25) is 0 Å². The molecule has 0 unspecified atom stereocenters. The molecule has 36 heavy (non-hydrogen) atoms. The van der Waals surface area contributed by atoms with Crippen molar-refractivity contribution in [3.05, 3.63) is 65.3 Å². The summed E-state index contributed by atoms with van der Waals surface area (Å²) in [6.07, 6.45) is 11.4. The number of hydrogen-bond donors (Lipinski definition) is 3. The van der Waals surface area contributed by atoms with Crippen LogP contribution >= 0.6 is 0 Å². The van der Waals surface area contributed by atoms with E-state index >= 15 is 0 Å². The van der Waals surface area contributed by atoms with Crippen molar-refractivity contribution in [2.75, 3.05) is 5.32 Å². The van der Waals surface area contributed by atoms with Crippen molar-refractivity contribution >= 4 is 11.3 Å². The molecule has 0 amide bonds. The molecule has 0 spiro atoms. The lowest BCUT2D eigenvalue weighted by Gasteiger charge is -2.55. The Kier molecular flexibility index (Phi) is 5.74. The molecule has 1 aliphatic carbocycles. The highest BCUT2D eigenvalue weighted by Crippen LogP contribution is 2.58. The van der Waals surface area contributed by atoms with Gasteiger partial charge in [-0.15, -0.1) is 0 Å². The van der Waals surface area contributed by atoms with Crippen LogP contribution in [0.2, 0.25) is 0 Å². The summed E-state index contributed by atoms with van der Waals surface area (Å²) in [4.78, 5) is 7.38. The summed E-state index contributed by atoms with van der Waals surface area (Å²) in [6.45, 7) is 13.5. The van der Waals surface area contributed by atoms with Crippen molar-refractivity contribution in [2.45, 2.75) is 84.2 Å². The van der Waals surface area contributed by atoms with Gasteiger partial charge in [0.1, 0.15) is 17.5 Å². The Morgan fingerprint density at radius 1 is 1.17 bits per heavy atom. The molecule has 1 fully saturated rings. The van der Waals surface area contributed by atoms with Crippen molar-refractivity contribution in [1.29, 1.82) is 5.26 Å². The van der Waals surface area contributed by atoms with Crippen molar-refractivity contribution in [1.82, 2.24) is 9.97 Å². The lowest BCUT2D eigenvalue weighted by atomic mass is 9.62. The second kappa shape index (κ2) is 8.33. The molecule has 3 N–H and O–H groups in total. The second-order valence-corrected chi connectivity index (χ2v) is 12.1. The van der Waals surface area contributed by atoms with Gasteiger partial charge in [-0.1, -0.05) is 52.0 Å². The minimum Gasteiger partial charge on any atom is -0.384 e. The minimum absolute atomic E-state index is 0.120. The number of aromatic amines is 1. The molecule has 2 aromatic rings. The Labute approximate surface area is 214 Å². The van der Waals surface area contributed by atoms with Crippen LogP contribution in [0.5, 0.6) is 0 Å². The number of allylic oxidation sites excluding steroid dienone is 2. The van der Waals surface area contributed by atoms with Gasteiger partial charge in [0.25, 0.3) is 0 Å². The average molecular weight is 487 g/mol. The Bertz CT molecular complexity index is 1260. The van der Waals surface area contributed by atoms with Crippen LogP contribution in [0, 0.1) is 28.6 Å². The maximum atomic E-state index is 12.4. The maximum absolute atomic E-state index is 12.4. The lowest BCUT2D eigenvalue weighted by molar-refractivity contribution is -0.257. The minimum atomic E-state index is -1.05. The van der Waals surface area contributed by atoms with Crippen LogP contribution < -0.4 is 5.32 Å². The van der Waals surface area contributed by atoms with Gasteiger partial charge >= 0.3 is 0 Å². The summed E-state index contributed by atoms with van der Waals surface area (Å²) in [6, 6.07) is 8.41. The van der Waals surface area contributed by atoms with Crippen LogP contribution in [0.3, 0.4) is 0 Å². The Balaban J connectivity index is 1.55. The molecule has 6 heteroatoms. The maximum Gasteiger partial charge on any atom is 0.158 e. The summed E-state index contributed by atoms with van der Waals surface area (Å²) in [5.74, 6) is 0.477.